The fraction of sp³-hybridized carbons (Fsp3) is 0.385. The Kier molecular flexibility index (Phi) is 6.99. The third kappa shape index (κ3) is 5.03. The van der Waals surface area contributed by atoms with Gasteiger partial charge in [-0.2, -0.15) is 0 Å². The summed E-state index contributed by atoms with van der Waals surface area (Å²) in [7, 11) is 0. The highest BCUT2D eigenvalue weighted by molar-refractivity contribution is 5.89. The number of fused-ring (bicyclic) bond motifs is 1. The van der Waals surface area contributed by atoms with Gasteiger partial charge in [0.1, 0.15) is 23.8 Å². The van der Waals surface area contributed by atoms with Crippen LogP contribution >= 0.6 is 0 Å². The SMILES string of the molecule is CCOC(=O)c1ccc(Oc2c(C)oc3c(C[NH+]4CCCCCC4)c(O)ccc3c2=O)cc1. The maximum atomic E-state index is 13.3. The number of likely N-dealkylation sites (tertiary alicyclic amines) is 1. The van der Waals surface area contributed by atoms with Gasteiger partial charge in [0.05, 0.1) is 36.2 Å². The van der Waals surface area contributed by atoms with Crippen LogP contribution in [0.2, 0.25) is 0 Å². The molecule has 1 aliphatic rings. The lowest BCUT2D eigenvalue weighted by molar-refractivity contribution is -0.913. The predicted octanol–water partition coefficient (Wildman–Crippen LogP) is 3.73. The van der Waals surface area contributed by atoms with E-state index in [2.05, 4.69) is 0 Å². The highest BCUT2D eigenvalue weighted by atomic mass is 16.5. The molecule has 33 heavy (non-hydrogen) atoms. The summed E-state index contributed by atoms with van der Waals surface area (Å²) in [6.07, 6.45) is 4.80. The number of quaternary nitrogens is 1. The molecule has 174 valence electrons. The summed E-state index contributed by atoms with van der Waals surface area (Å²) in [5.74, 6) is 0.560. The van der Waals surface area contributed by atoms with Crippen molar-refractivity contribution in [2.75, 3.05) is 19.7 Å². The lowest BCUT2D eigenvalue weighted by Gasteiger charge is -2.18. The van der Waals surface area contributed by atoms with Gasteiger partial charge >= 0.3 is 5.97 Å². The van der Waals surface area contributed by atoms with Crippen molar-refractivity contribution in [2.24, 2.45) is 0 Å². The summed E-state index contributed by atoms with van der Waals surface area (Å²) in [5.41, 5.74) is 1.19. The molecule has 0 radical (unpaired) electrons. The van der Waals surface area contributed by atoms with E-state index in [-0.39, 0.29) is 16.9 Å². The molecular weight excluding hydrogens is 422 g/mol. The molecule has 1 aliphatic heterocycles. The van der Waals surface area contributed by atoms with Crippen LogP contribution in [0.4, 0.5) is 0 Å². The minimum Gasteiger partial charge on any atom is -0.507 e. The number of aryl methyl sites for hydroxylation is 1. The van der Waals surface area contributed by atoms with Crippen molar-refractivity contribution in [1.82, 2.24) is 0 Å². The Balaban J connectivity index is 1.65. The minimum atomic E-state index is -0.413. The van der Waals surface area contributed by atoms with Gasteiger partial charge in [-0.3, -0.25) is 4.79 Å². The van der Waals surface area contributed by atoms with Crippen molar-refractivity contribution in [3.05, 3.63) is 63.5 Å². The number of nitrogens with one attached hydrogen (secondary N) is 1. The zero-order chi connectivity index (χ0) is 23.4. The van der Waals surface area contributed by atoms with E-state index in [1.807, 2.05) is 0 Å². The van der Waals surface area contributed by atoms with Crippen LogP contribution in [0.3, 0.4) is 0 Å². The van der Waals surface area contributed by atoms with Crippen LogP contribution in [0.5, 0.6) is 17.2 Å². The van der Waals surface area contributed by atoms with E-state index in [0.717, 1.165) is 25.9 Å². The van der Waals surface area contributed by atoms with Gasteiger partial charge in [-0.1, -0.05) is 0 Å². The van der Waals surface area contributed by atoms with E-state index >= 15 is 0 Å². The normalized spacial score (nSPS) is 14.7. The van der Waals surface area contributed by atoms with E-state index in [4.69, 9.17) is 13.9 Å². The highest BCUT2D eigenvalue weighted by Gasteiger charge is 2.22. The fourth-order valence-corrected chi connectivity index (χ4v) is 4.33. The van der Waals surface area contributed by atoms with Crippen LogP contribution in [0.25, 0.3) is 11.0 Å². The Morgan fingerprint density at radius 3 is 2.42 bits per heavy atom. The fourth-order valence-electron chi connectivity index (χ4n) is 4.33. The molecule has 1 saturated heterocycles. The van der Waals surface area contributed by atoms with Crippen molar-refractivity contribution in [2.45, 2.75) is 46.1 Å². The Morgan fingerprint density at radius 1 is 1.06 bits per heavy atom. The number of hydrogen-bond donors (Lipinski definition) is 2. The number of phenols is 1. The average Bonchev–Trinajstić information content (AvgIpc) is 3.08. The molecule has 1 aromatic heterocycles. The number of hydrogen-bond acceptors (Lipinski definition) is 6. The first-order valence-electron chi connectivity index (χ1n) is 11.5. The van der Waals surface area contributed by atoms with E-state index in [1.54, 1.807) is 50.2 Å². The summed E-state index contributed by atoms with van der Waals surface area (Å²) >= 11 is 0. The first-order valence-corrected chi connectivity index (χ1v) is 11.5. The van der Waals surface area contributed by atoms with Gasteiger partial charge in [0.15, 0.2) is 5.58 Å². The second kappa shape index (κ2) is 10.1. The number of benzene rings is 2. The summed E-state index contributed by atoms with van der Waals surface area (Å²) in [6, 6.07) is 9.53. The number of esters is 1. The summed E-state index contributed by atoms with van der Waals surface area (Å²) < 4.78 is 16.9. The van der Waals surface area contributed by atoms with E-state index < -0.39 is 5.97 Å². The molecule has 0 atom stereocenters. The van der Waals surface area contributed by atoms with Gasteiger partial charge in [-0.15, -0.1) is 0 Å². The molecule has 2 aromatic carbocycles. The number of phenolic OH excluding ortho intramolecular Hbond substituents is 1. The third-order valence-electron chi connectivity index (χ3n) is 6.08. The van der Waals surface area contributed by atoms with Crippen LogP contribution in [-0.2, 0) is 11.3 Å². The summed E-state index contributed by atoms with van der Waals surface area (Å²) in [6.45, 7) is 6.42. The van der Waals surface area contributed by atoms with Crippen molar-refractivity contribution in [3.8, 4) is 17.2 Å². The van der Waals surface area contributed by atoms with Gasteiger partial charge in [0, 0.05) is 0 Å². The van der Waals surface area contributed by atoms with Gasteiger partial charge < -0.3 is 23.9 Å². The summed E-state index contributed by atoms with van der Waals surface area (Å²) in [4.78, 5) is 26.5. The predicted molar refractivity (Wildman–Crippen MR) is 124 cm³/mol. The molecule has 0 unspecified atom stereocenters. The molecule has 0 amide bonds. The molecule has 2 heterocycles. The monoisotopic (exact) mass is 452 g/mol. The maximum Gasteiger partial charge on any atom is 0.338 e. The lowest BCUT2D eigenvalue weighted by atomic mass is 10.1. The molecule has 1 fully saturated rings. The van der Waals surface area contributed by atoms with Crippen molar-refractivity contribution >= 4 is 16.9 Å². The van der Waals surface area contributed by atoms with Gasteiger partial charge in [0.25, 0.3) is 0 Å². The van der Waals surface area contributed by atoms with E-state index in [1.165, 1.54) is 17.7 Å². The molecule has 0 spiro atoms. The molecule has 2 N–H and O–H groups in total. The van der Waals surface area contributed by atoms with Crippen molar-refractivity contribution in [3.63, 3.8) is 0 Å². The van der Waals surface area contributed by atoms with Crippen LogP contribution in [0, 0.1) is 6.92 Å². The lowest BCUT2D eigenvalue weighted by Crippen LogP contribution is -3.10. The molecule has 7 nitrogen and oxygen atoms in total. The Morgan fingerprint density at radius 2 is 1.76 bits per heavy atom. The van der Waals surface area contributed by atoms with Gasteiger partial charge in [-0.05, 0) is 75.9 Å². The minimum absolute atomic E-state index is 0.0881. The topological polar surface area (TPSA) is 90.4 Å². The van der Waals surface area contributed by atoms with E-state index in [0.29, 0.717) is 46.8 Å². The maximum absolute atomic E-state index is 13.3. The number of ether oxygens (including phenoxy) is 2. The number of carbonyl (C=O) groups excluding carboxylic acids is 1. The van der Waals surface area contributed by atoms with Gasteiger partial charge in [-0.25, -0.2) is 4.79 Å². The number of rotatable bonds is 6. The Bertz CT molecular complexity index is 1190. The van der Waals surface area contributed by atoms with Crippen LogP contribution in [-0.4, -0.2) is 30.8 Å². The molecule has 4 rings (SSSR count). The summed E-state index contributed by atoms with van der Waals surface area (Å²) in [5, 5.41) is 10.9. The number of carbonyl (C=O) groups is 1. The molecule has 0 saturated carbocycles. The van der Waals surface area contributed by atoms with Crippen LogP contribution in [0.15, 0.2) is 45.6 Å². The molecular formula is C26H30NO6+. The van der Waals surface area contributed by atoms with Crippen molar-refractivity contribution < 1.29 is 28.7 Å². The first-order chi connectivity index (χ1) is 16.0. The Labute approximate surface area is 192 Å². The zero-order valence-electron chi connectivity index (χ0n) is 19.1. The van der Waals surface area contributed by atoms with E-state index in [9.17, 15) is 14.7 Å². The standard InChI is InChI=1S/C26H29NO6/c1-3-31-26(30)18-8-10-19(11-9-18)33-24-17(2)32-25-20(23(24)29)12-13-22(28)21(25)16-27-14-6-4-5-7-15-27/h8-13,28H,3-7,14-16H2,1-2H3/p+1. The van der Waals surface area contributed by atoms with Crippen LogP contribution in [0.1, 0.15) is 54.3 Å². The second-order valence-electron chi connectivity index (χ2n) is 8.44. The number of aromatic hydroxyl groups is 1. The quantitative estimate of drug-likeness (QED) is 0.554. The zero-order valence-corrected chi connectivity index (χ0v) is 19.1. The largest absolute Gasteiger partial charge is 0.507 e. The van der Waals surface area contributed by atoms with Crippen LogP contribution < -0.4 is 15.1 Å². The molecule has 7 heteroatoms. The first kappa shape index (κ1) is 22.9. The van der Waals surface area contributed by atoms with Crippen molar-refractivity contribution in [1.29, 1.82) is 0 Å². The smallest absolute Gasteiger partial charge is 0.338 e. The molecule has 0 bridgehead atoms. The second-order valence-corrected chi connectivity index (χ2v) is 8.44. The molecule has 3 aromatic rings. The highest BCUT2D eigenvalue weighted by Crippen LogP contribution is 2.30. The molecule has 0 aliphatic carbocycles. The average molecular weight is 453 g/mol. The van der Waals surface area contributed by atoms with Gasteiger partial charge in [0.2, 0.25) is 11.2 Å². The third-order valence-corrected chi connectivity index (χ3v) is 6.08. The Hall–Kier alpha value is -3.32.